The Labute approximate surface area is 218 Å². The minimum atomic E-state index is -0.855. The van der Waals surface area contributed by atoms with Gasteiger partial charge in [0.2, 0.25) is 11.8 Å². The molecule has 0 fully saturated rings. The number of amides is 3. The zero-order valence-corrected chi connectivity index (χ0v) is 23.6. The summed E-state index contributed by atoms with van der Waals surface area (Å²) in [6.45, 7) is 19.9. The van der Waals surface area contributed by atoms with Crippen LogP contribution in [0.4, 0.5) is 4.79 Å². The van der Waals surface area contributed by atoms with E-state index in [1.807, 2.05) is 45.9 Å². The highest BCUT2D eigenvalue weighted by molar-refractivity contribution is 5.92. The Morgan fingerprint density at radius 3 is 2.31 bits per heavy atom. The number of hydrogen-bond donors (Lipinski definition) is 2. The maximum atomic E-state index is 13.9. The van der Waals surface area contributed by atoms with Gasteiger partial charge in [0.25, 0.3) is 0 Å². The summed E-state index contributed by atoms with van der Waals surface area (Å²) in [7, 11) is 0. The van der Waals surface area contributed by atoms with Crippen molar-refractivity contribution in [1.29, 1.82) is 0 Å². The standard InChI is InChI=1S/C29H47N3O4/c1-10-12-13-16-30-26(33)25(23-15-14-21(5)22(6)19-23)32(17-11-2)27(34)24(18-20(3)4)31-28(35)36-29(7,8)9/h11,14-15,19-20,24-25H,2,10,12-13,16-18H2,1,3-9H3,(H,30,33)(H,31,35). The van der Waals surface area contributed by atoms with Crippen LogP contribution >= 0.6 is 0 Å². The highest BCUT2D eigenvalue weighted by atomic mass is 16.6. The molecule has 2 unspecified atom stereocenters. The van der Waals surface area contributed by atoms with E-state index in [0.717, 1.165) is 36.0 Å². The molecular formula is C29H47N3O4. The number of unbranched alkanes of at least 4 members (excludes halogenated alkanes) is 2. The zero-order valence-electron chi connectivity index (χ0n) is 23.6. The summed E-state index contributed by atoms with van der Waals surface area (Å²) in [5.41, 5.74) is 2.16. The largest absolute Gasteiger partial charge is 0.444 e. The Morgan fingerprint density at radius 2 is 1.78 bits per heavy atom. The third-order valence-electron chi connectivity index (χ3n) is 5.79. The van der Waals surface area contributed by atoms with Crippen molar-refractivity contribution in [3.8, 4) is 0 Å². The van der Waals surface area contributed by atoms with E-state index in [1.54, 1.807) is 26.8 Å². The monoisotopic (exact) mass is 501 g/mol. The third-order valence-corrected chi connectivity index (χ3v) is 5.79. The summed E-state index contributed by atoms with van der Waals surface area (Å²) >= 11 is 0. The Balaban J connectivity index is 3.41. The second-order valence-corrected chi connectivity index (χ2v) is 10.9. The predicted octanol–water partition coefficient (Wildman–Crippen LogP) is 5.60. The van der Waals surface area contributed by atoms with Crippen LogP contribution in [0.2, 0.25) is 0 Å². The molecule has 0 aliphatic carbocycles. The Morgan fingerprint density at radius 1 is 1.11 bits per heavy atom. The predicted molar refractivity (Wildman–Crippen MR) is 146 cm³/mol. The molecule has 2 atom stereocenters. The van der Waals surface area contributed by atoms with Crippen LogP contribution < -0.4 is 10.6 Å². The molecule has 3 amide bonds. The van der Waals surface area contributed by atoms with E-state index in [9.17, 15) is 14.4 Å². The van der Waals surface area contributed by atoms with Gasteiger partial charge in [0, 0.05) is 13.1 Å². The van der Waals surface area contributed by atoms with Gasteiger partial charge in [0.1, 0.15) is 17.7 Å². The number of nitrogens with one attached hydrogen (secondary N) is 2. The molecule has 0 saturated carbocycles. The normalized spacial score (nSPS) is 13.0. The third kappa shape index (κ3) is 10.4. The Hall–Kier alpha value is -2.83. The quantitative estimate of drug-likeness (QED) is 0.272. The first-order valence-electron chi connectivity index (χ1n) is 13.1. The van der Waals surface area contributed by atoms with Crippen LogP contribution in [0.25, 0.3) is 0 Å². The lowest BCUT2D eigenvalue weighted by molar-refractivity contribution is -0.142. The summed E-state index contributed by atoms with van der Waals surface area (Å²) < 4.78 is 5.42. The van der Waals surface area contributed by atoms with Gasteiger partial charge >= 0.3 is 6.09 Å². The van der Waals surface area contributed by atoms with Gasteiger partial charge in [-0.1, -0.05) is 57.9 Å². The Kier molecular flexibility index (Phi) is 12.7. The van der Waals surface area contributed by atoms with Crippen molar-refractivity contribution in [2.45, 2.75) is 98.8 Å². The molecule has 0 aliphatic heterocycles. The first-order chi connectivity index (χ1) is 16.8. The molecule has 0 saturated heterocycles. The van der Waals surface area contributed by atoms with E-state index in [0.29, 0.717) is 13.0 Å². The van der Waals surface area contributed by atoms with Gasteiger partial charge < -0.3 is 20.3 Å². The molecule has 0 spiro atoms. The molecule has 1 aromatic rings. The van der Waals surface area contributed by atoms with E-state index >= 15 is 0 Å². The molecule has 7 nitrogen and oxygen atoms in total. The van der Waals surface area contributed by atoms with Crippen LogP contribution in [0.1, 0.15) is 90.0 Å². The molecular weight excluding hydrogens is 454 g/mol. The fourth-order valence-electron chi connectivity index (χ4n) is 3.90. The topological polar surface area (TPSA) is 87.7 Å². The van der Waals surface area contributed by atoms with E-state index in [1.165, 1.54) is 4.90 Å². The SMILES string of the molecule is C=CCN(C(=O)C(CC(C)C)NC(=O)OC(C)(C)C)C(C(=O)NCCCCC)c1ccc(C)c(C)c1. The first kappa shape index (κ1) is 31.2. The Bertz CT molecular complexity index is 889. The molecule has 0 heterocycles. The van der Waals surface area contributed by atoms with Gasteiger partial charge in [-0.05, 0) is 70.1 Å². The number of carbonyl (C=O) groups is 3. The van der Waals surface area contributed by atoms with Crippen molar-refractivity contribution < 1.29 is 19.1 Å². The summed E-state index contributed by atoms with van der Waals surface area (Å²) in [4.78, 5) is 41.6. The fourth-order valence-corrected chi connectivity index (χ4v) is 3.90. The van der Waals surface area contributed by atoms with E-state index in [4.69, 9.17) is 4.74 Å². The van der Waals surface area contributed by atoms with Crippen LogP contribution in [-0.2, 0) is 14.3 Å². The minimum absolute atomic E-state index is 0.127. The highest BCUT2D eigenvalue weighted by Crippen LogP contribution is 2.26. The summed E-state index contributed by atoms with van der Waals surface area (Å²) in [6, 6.07) is 4.10. The van der Waals surface area contributed by atoms with Gasteiger partial charge in [-0.25, -0.2) is 4.79 Å². The lowest BCUT2D eigenvalue weighted by Crippen LogP contribution is -2.53. The van der Waals surface area contributed by atoms with Gasteiger partial charge in [-0.3, -0.25) is 9.59 Å². The number of alkyl carbamates (subject to hydrolysis) is 1. The van der Waals surface area contributed by atoms with Crippen molar-refractivity contribution in [2.24, 2.45) is 5.92 Å². The maximum Gasteiger partial charge on any atom is 0.408 e. The highest BCUT2D eigenvalue weighted by Gasteiger charge is 2.36. The summed E-state index contributed by atoms with van der Waals surface area (Å²) in [5.74, 6) is -0.464. The molecule has 0 aliphatic rings. The van der Waals surface area contributed by atoms with Crippen molar-refractivity contribution in [3.05, 3.63) is 47.5 Å². The average Bonchev–Trinajstić information content (AvgIpc) is 2.76. The number of nitrogens with zero attached hydrogens (tertiary/aromatic N) is 1. The van der Waals surface area contributed by atoms with Crippen LogP contribution in [0.5, 0.6) is 0 Å². The summed E-state index contributed by atoms with van der Waals surface area (Å²) in [6.07, 6.45) is 4.28. The molecule has 0 bridgehead atoms. The van der Waals surface area contributed by atoms with Gasteiger partial charge in [0.05, 0.1) is 0 Å². The molecule has 1 aromatic carbocycles. The number of hydrogen-bond acceptors (Lipinski definition) is 4. The van der Waals surface area contributed by atoms with Crippen LogP contribution in [-0.4, -0.2) is 47.5 Å². The average molecular weight is 502 g/mol. The van der Waals surface area contributed by atoms with Crippen molar-refractivity contribution in [1.82, 2.24) is 15.5 Å². The first-order valence-corrected chi connectivity index (χ1v) is 13.1. The lowest BCUT2D eigenvalue weighted by atomic mass is 9.97. The smallest absolute Gasteiger partial charge is 0.408 e. The van der Waals surface area contributed by atoms with E-state index in [2.05, 4.69) is 24.1 Å². The molecule has 0 radical (unpaired) electrons. The number of ether oxygens (including phenoxy) is 1. The molecule has 1 rings (SSSR count). The van der Waals surface area contributed by atoms with Gasteiger partial charge in [0.15, 0.2) is 0 Å². The number of carbonyl (C=O) groups excluding carboxylic acids is 3. The second-order valence-electron chi connectivity index (χ2n) is 10.9. The van der Waals surface area contributed by atoms with Crippen LogP contribution in [0.3, 0.4) is 0 Å². The fraction of sp³-hybridized carbons (Fsp3) is 0.621. The van der Waals surface area contributed by atoms with Crippen LogP contribution in [0.15, 0.2) is 30.9 Å². The van der Waals surface area contributed by atoms with E-state index < -0.39 is 23.8 Å². The second kappa shape index (κ2) is 14.7. The van der Waals surface area contributed by atoms with Gasteiger partial charge in [-0.2, -0.15) is 0 Å². The van der Waals surface area contributed by atoms with Crippen LogP contribution in [0, 0.1) is 19.8 Å². The summed E-state index contributed by atoms with van der Waals surface area (Å²) in [5, 5.41) is 5.77. The maximum absolute atomic E-state index is 13.9. The van der Waals surface area contributed by atoms with E-state index in [-0.39, 0.29) is 24.3 Å². The molecule has 0 aromatic heterocycles. The molecule has 2 N–H and O–H groups in total. The lowest BCUT2D eigenvalue weighted by Gasteiger charge is -2.34. The van der Waals surface area contributed by atoms with Crippen molar-refractivity contribution in [2.75, 3.05) is 13.1 Å². The van der Waals surface area contributed by atoms with Gasteiger partial charge in [-0.15, -0.1) is 6.58 Å². The van der Waals surface area contributed by atoms with Crippen molar-refractivity contribution >= 4 is 17.9 Å². The van der Waals surface area contributed by atoms with Crippen molar-refractivity contribution in [3.63, 3.8) is 0 Å². The molecule has 202 valence electrons. The number of benzene rings is 1. The minimum Gasteiger partial charge on any atom is -0.444 e. The number of aryl methyl sites for hydroxylation is 2. The molecule has 7 heteroatoms. The molecule has 36 heavy (non-hydrogen) atoms. The zero-order chi connectivity index (χ0) is 27.5. The number of rotatable bonds is 13.